The first-order chi connectivity index (χ1) is 9.40. The van der Waals surface area contributed by atoms with Crippen LogP contribution in [-0.4, -0.2) is 18.8 Å². The van der Waals surface area contributed by atoms with E-state index in [9.17, 15) is 0 Å². The zero-order chi connectivity index (χ0) is 13.3. The van der Waals surface area contributed by atoms with Crippen LogP contribution in [0, 0.1) is 0 Å². The fourth-order valence-corrected chi connectivity index (χ4v) is 7.91. The molecule has 2 aromatic heterocycles. The van der Waals surface area contributed by atoms with Gasteiger partial charge in [0, 0.05) is 0 Å². The molecule has 2 heterocycles. The summed E-state index contributed by atoms with van der Waals surface area (Å²) in [7, 11) is 0. The summed E-state index contributed by atoms with van der Waals surface area (Å²) in [5.41, 5.74) is 3.21. The van der Waals surface area contributed by atoms with Crippen LogP contribution in [0.3, 0.4) is 0 Å². The monoisotopic (exact) mass is 592 g/mol. The fraction of sp³-hybridized carbons (Fsp3) is 0.286. The zero-order valence-corrected chi connectivity index (χ0v) is 16.9. The number of halogens is 3. The van der Waals surface area contributed by atoms with Crippen LogP contribution in [0.1, 0.15) is 12.1 Å². The van der Waals surface area contributed by atoms with Gasteiger partial charge in [0.2, 0.25) is 0 Å². The molecule has 0 N–H and O–H groups in total. The van der Waals surface area contributed by atoms with Crippen molar-refractivity contribution in [3.63, 3.8) is 0 Å². The van der Waals surface area contributed by atoms with Crippen molar-refractivity contribution in [2.45, 2.75) is 10.8 Å². The first-order valence-corrected chi connectivity index (χ1v) is 16.9. The summed E-state index contributed by atoms with van der Waals surface area (Å²) in [4.78, 5) is 9.09. The van der Waals surface area contributed by atoms with Crippen molar-refractivity contribution in [1.82, 2.24) is 9.97 Å². The minimum atomic E-state index is 0.282. The molecule has 0 saturated heterocycles. The molecular formula is C14H15I3N2-2. The Morgan fingerprint density at radius 1 is 1.00 bits per heavy atom. The Hall–Kier alpha value is 0.490. The summed E-state index contributed by atoms with van der Waals surface area (Å²) in [5.74, 6) is 0. The number of rotatable bonds is 7. The molecule has 2 rings (SSSR count). The van der Waals surface area contributed by atoms with E-state index >= 15 is 0 Å². The van der Waals surface area contributed by atoms with Crippen molar-refractivity contribution in [3.05, 3.63) is 48.3 Å². The molecule has 0 bridgehead atoms. The Morgan fingerprint density at radius 3 is 2.68 bits per heavy atom. The molecule has 2 nitrogen and oxygen atoms in total. The van der Waals surface area contributed by atoms with Crippen LogP contribution < -0.4 is 38.4 Å². The van der Waals surface area contributed by atoms with Gasteiger partial charge >= 0.3 is 146 Å². The maximum absolute atomic E-state index is 4.73. The van der Waals surface area contributed by atoms with Crippen molar-refractivity contribution in [1.29, 1.82) is 0 Å². The van der Waals surface area contributed by atoms with E-state index in [4.69, 9.17) is 4.98 Å². The van der Waals surface area contributed by atoms with Gasteiger partial charge in [-0.25, -0.2) is 0 Å². The molecule has 0 unspecified atom stereocenters. The third kappa shape index (κ3) is 5.78. The summed E-state index contributed by atoms with van der Waals surface area (Å²) < 4.78 is 4.11. The molecule has 0 radical (unpaired) electrons. The van der Waals surface area contributed by atoms with E-state index in [-0.39, 0.29) is 21.2 Å². The van der Waals surface area contributed by atoms with Gasteiger partial charge < -0.3 is 0 Å². The molecule has 0 spiro atoms. The average molecular weight is 592 g/mol. The number of pyridine rings is 2. The summed E-state index contributed by atoms with van der Waals surface area (Å²) >= 11 is 3.31. The number of hydrogen-bond donors (Lipinski definition) is 0. The molecule has 0 aliphatic heterocycles. The van der Waals surface area contributed by atoms with E-state index in [1.165, 1.54) is 25.4 Å². The second-order valence-corrected chi connectivity index (χ2v) is 12.3. The number of aromatic nitrogens is 2. The van der Waals surface area contributed by atoms with E-state index in [1.807, 2.05) is 30.5 Å². The standard InChI is InChI=1S/C14H15I3N2/c15-17-9-4-8-16-11-12-5-3-7-14(19-12)13-6-1-2-10-18-13/h1-3,5-7,10H,4,8-9,11H2/q-2. The third-order valence-electron chi connectivity index (χ3n) is 2.44. The predicted octanol–water partition coefficient (Wildman–Crippen LogP) is -2.44. The van der Waals surface area contributed by atoms with Gasteiger partial charge in [-0.3, -0.25) is 0 Å². The Kier molecular flexibility index (Phi) is 7.88. The molecule has 0 saturated carbocycles. The van der Waals surface area contributed by atoms with Crippen molar-refractivity contribution in [2.75, 3.05) is 8.86 Å². The first-order valence-electron chi connectivity index (χ1n) is 6.01. The minimum absolute atomic E-state index is 0.282. The van der Waals surface area contributed by atoms with Crippen molar-refractivity contribution in [3.8, 4) is 11.4 Å². The van der Waals surface area contributed by atoms with Crippen LogP contribution in [0.5, 0.6) is 0 Å². The van der Waals surface area contributed by atoms with Gasteiger partial charge in [-0.1, -0.05) is 0 Å². The zero-order valence-electron chi connectivity index (χ0n) is 10.4. The molecule has 0 aromatic carbocycles. The quantitative estimate of drug-likeness (QED) is 0.203. The predicted molar refractivity (Wildman–Crippen MR) is 79.5 cm³/mol. The maximum atomic E-state index is 4.73. The van der Waals surface area contributed by atoms with Crippen LogP contribution in [0.2, 0.25) is 0 Å². The number of alkyl halides is 3. The molecule has 0 aliphatic rings. The summed E-state index contributed by atoms with van der Waals surface area (Å²) in [6, 6.07) is 12.3. The van der Waals surface area contributed by atoms with E-state index in [2.05, 4.69) is 35.7 Å². The van der Waals surface area contributed by atoms with Crippen molar-refractivity contribution >= 4 is 18.6 Å². The van der Waals surface area contributed by atoms with Gasteiger partial charge in [0.05, 0.1) is 0 Å². The topological polar surface area (TPSA) is 25.8 Å². The number of nitrogens with zero attached hydrogens (tertiary/aromatic N) is 2. The normalized spacial score (nSPS) is 11.0. The van der Waals surface area contributed by atoms with Gasteiger partial charge in [-0.2, -0.15) is 0 Å². The molecule has 2 aromatic rings. The van der Waals surface area contributed by atoms with Gasteiger partial charge in [-0.15, -0.1) is 0 Å². The van der Waals surface area contributed by atoms with E-state index in [0.29, 0.717) is 17.2 Å². The molecule has 104 valence electrons. The number of hydrogen-bond acceptors (Lipinski definition) is 2. The molecular weight excluding hydrogens is 577 g/mol. The van der Waals surface area contributed by atoms with Crippen LogP contribution >= 0.6 is 18.6 Å². The fourth-order valence-electron chi connectivity index (χ4n) is 1.57. The van der Waals surface area contributed by atoms with Crippen LogP contribution in [0.15, 0.2) is 42.6 Å². The SMILES string of the molecule is I[I-]CCC[I-]Cc1cccc(-c2ccccn2)n1. The Bertz CT molecular complexity index is 491. The first kappa shape index (κ1) is 15.9. The average Bonchev–Trinajstić information content (AvgIpc) is 2.48. The summed E-state index contributed by atoms with van der Waals surface area (Å²) in [6.45, 7) is 0. The second-order valence-electron chi connectivity index (χ2n) is 3.88. The Morgan fingerprint density at radius 2 is 1.89 bits per heavy atom. The molecule has 5 heteroatoms. The van der Waals surface area contributed by atoms with Gasteiger partial charge in [0.15, 0.2) is 0 Å². The van der Waals surface area contributed by atoms with E-state index in [1.54, 1.807) is 0 Å². The summed E-state index contributed by atoms with van der Waals surface area (Å²) in [5, 5.41) is 0. The molecule has 0 aliphatic carbocycles. The van der Waals surface area contributed by atoms with Gasteiger partial charge in [0.25, 0.3) is 0 Å². The molecule has 0 fully saturated rings. The van der Waals surface area contributed by atoms with Crippen molar-refractivity contribution in [2.24, 2.45) is 0 Å². The van der Waals surface area contributed by atoms with Gasteiger partial charge in [-0.05, 0) is 0 Å². The van der Waals surface area contributed by atoms with E-state index in [0.717, 1.165) is 11.4 Å². The van der Waals surface area contributed by atoms with Gasteiger partial charge in [0.1, 0.15) is 0 Å². The van der Waals surface area contributed by atoms with Crippen LogP contribution in [0.4, 0.5) is 0 Å². The second kappa shape index (κ2) is 9.43. The van der Waals surface area contributed by atoms with E-state index < -0.39 is 0 Å². The molecule has 0 amide bonds. The Labute approximate surface area is 144 Å². The van der Waals surface area contributed by atoms with Crippen molar-refractivity contribution < 1.29 is 38.4 Å². The molecule has 19 heavy (non-hydrogen) atoms. The van der Waals surface area contributed by atoms with Crippen LogP contribution in [-0.2, 0) is 4.43 Å². The molecule has 0 atom stereocenters. The van der Waals surface area contributed by atoms with Crippen LogP contribution in [0.25, 0.3) is 11.4 Å². The third-order valence-corrected chi connectivity index (χ3v) is 9.19. The summed E-state index contributed by atoms with van der Waals surface area (Å²) in [6.07, 6.45) is 3.26. The Balaban J connectivity index is 1.92.